The van der Waals surface area contributed by atoms with Crippen LogP contribution in [0.2, 0.25) is 0 Å². The van der Waals surface area contributed by atoms with Crippen LogP contribution in [0.4, 0.5) is 4.79 Å². The number of amides is 3. The van der Waals surface area contributed by atoms with Crippen LogP contribution in [-0.2, 0) is 19.6 Å². The number of hydrogen-bond acceptors (Lipinski definition) is 5. The fraction of sp³-hybridized carbons (Fsp3) is 0.818. The second-order valence-electron chi connectivity index (χ2n) is 5.05. The quantitative estimate of drug-likeness (QED) is 0.502. The minimum Gasteiger partial charge on any atom is -0.385 e. The molecular formula is C11H19N3O5S. The summed E-state index contributed by atoms with van der Waals surface area (Å²) in [5.74, 6) is -0.328. The molecule has 0 saturated carbocycles. The number of methoxy groups -OCH3 is 1. The first kappa shape index (κ1) is 15.2. The molecule has 1 spiro atoms. The topological polar surface area (TPSA) is 105 Å². The van der Waals surface area contributed by atoms with Crippen LogP contribution < -0.4 is 10.6 Å². The second-order valence-corrected chi connectivity index (χ2v) is 7.14. The molecule has 8 nitrogen and oxygen atoms in total. The average molecular weight is 305 g/mol. The van der Waals surface area contributed by atoms with E-state index in [2.05, 4.69) is 10.6 Å². The Morgan fingerprint density at radius 1 is 1.30 bits per heavy atom. The summed E-state index contributed by atoms with van der Waals surface area (Å²) in [7, 11) is -1.80. The number of ether oxygens (including phenoxy) is 1. The molecule has 9 heteroatoms. The number of carbonyl (C=O) groups is 2. The summed E-state index contributed by atoms with van der Waals surface area (Å²) in [4.78, 5) is 22.9. The Morgan fingerprint density at radius 3 is 2.45 bits per heavy atom. The first-order chi connectivity index (χ1) is 9.39. The van der Waals surface area contributed by atoms with Crippen molar-refractivity contribution in [3.8, 4) is 0 Å². The van der Waals surface area contributed by atoms with Gasteiger partial charge in [0.1, 0.15) is 5.54 Å². The van der Waals surface area contributed by atoms with Crippen molar-refractivity contribution in [1.82, 2.24) is 14.9 Å². The summed E-state index contributed by atoms with van der Waals surface area (Å²) in [5.41, 5.74) is -0.935. The van der Waals surface area contributed by atoms with E-state index in [4.69, 9.17) is 4.74 Å². The molecule has 2 aliphatic rings. The number of hydrogen-bond donors (Lipinski definition) is 2. The van der Waals surface area contributed by atoms with Gasteiger partial charge >= 0.3 is 6.03 Å². The number of piperidine rings is 1. The van der Waals surface area contributed by atoms with Crippen LogP contribution >= 0.6 is 0 Å². The summed E-state index contributed by atoms with van der Waals surface area (Å²) in [6.45, 7) is 0.876. The molecule has 0 radical (unpaired) electrons. The van der Waals surface area contributed by atoms with E-state index < -0.39 is 21.6 Å². The van der Waals surface area contributed by atoms with Gasteiger partial charge in [0.15, 0.2) is 0 Å². The molecule has 0 atom stereocenters. The first-order valence-corrected chi connectivity index (χ1v) is 8.11. The second kappa shape index (κ2) is 5.66. The first-order valence-electron chi connectivity index (χ1n) is 6.50. The number of urea groups is 1. The lowest BCUT2D eigenvalue weighted by molar-refractivity contribution is -0.125. The van der Waals surface area contributed by atoms with Crippen molar-refractivity contribution in [3.05, 3.63) is 0 Å². The lowest BCUT2D eigenvalue weighted by Gasteiger charge is -2.36. The normalized spacial score (nSPS) is 22.9. The Hall–Kier alpha value is -1.19. The third-order valence-electron chi connectivity index (χ3n) is 3.73. The number of rotatable bonds is 5. The molecule has 2 saturated heterocycles. The van der Waals surface area contributed by atoms with E-state index >= 15 is 0 Å². The van der Waals surface area contributed by atoms with E-state index in [-0.39, 0.29) is 24.7 Å². The van der Waals surface area contributed by atoms with Gasteiger partial charge in [0.05, 0.1) is 5.75 Å². The summed E-state index contributed by atoms with van der Waals surface area (Å²) in [5, 5.41) is 4.80. The fourth-order valence-corrected chi connectivity index (χ4v) is 4.02. The van der Waals surface area contributed by atoms with Crippen LogP contribution in [0.3, 0.4) is 0 Å². The maximum atomic E-state index is 12.1. The van der Waals surface area contributed by atoms with Gasteiger partial charge in [0, 0.05) is 26.8 Å². The molecule has 3 amide bonds. The van der Waals surface area contributed by atoms with Crippen molar-refractivity contribution < 1.29 is 22.7 Å². The van der Waals surface area contributed by atoms with E-state index in [0.717, 1.165) is 0 Å². The van der Waals surface area contributed by atoms with Crippen molar-refractivity contribution in [2.24, 2.45) is 0 Å². The predicted octanol–water partition coefficient (Wildman–Crippen LogP) is -0.973. The van der Waals surface area contributed by atoms with Gasteiger partial charge in [-0.15, -0.1) is 0 Å². The zero-order valence-electron chi connectivity index (χ0n) is 11.3. The minimum atomic E-state index is -3.32. The molecule has 2 rings (SSSR count). The van der Waals surface area contributed by atoms with Crippen molar-refractivity contribution in [2.75, 3.05) is 32.6 Å². The molecule has 2 N–H and O–H groups in total. The summed E-state index contributed by atoms with van der Waals surface area (Å²) < 4.78 is 30.4. The third-order valence-corrected chi connectivity index (χ3v) is 5.69. The summed E-state index contributed by atoms with van der Waals surface area (Å²) >= 11 is 0. The van der Waals surface area contributed by atoms with Gasteiger partial charge in [-0.25, -0.2) is 17.5 Å². The highest BCUT2D eigenvalue weighted by Gasteiger charge is 2.49. The molecule has 2 heterocycles. The number of nitrogens with one attached hydrogen (secondary N) is 2. The molecule has 0 aromatic rings. The molecule has 20 heavy (non-hydrogen) atoms. The molecule has 0 aromatic carbocycles. The zero-order valence-corrected chi connectivity index (χ0v) is 12.2. The number of imide groups is 1. The van der Waals surface area contributed by atoms with E-state index in [9.17, 15) is 18.0 Å². The Morgan fingerprint density at radius 2 is 1.95 bits per heavy atom. The Bertz CT molecular complexity index is 496. The number of sulfonamides is 1. The van der Waals surface area contributed by atoms with Crippen LogP contribution in [0.25, 0.3) is 0 Å². The van der Waals surface area contributed by atoms with E-state index in [1.54, 1.807) is 0 Å². The van der Waals surface area contributed by atoms with Crippen LogP contribution in [0.5, 0.6) is 0 Å². The van der Waals surface area contributed by atoms with Gasteiger partial charge in [-0.3, -0.25) is 10.1 Å². The van der Waals surface area contributed by atoms with Crippen molar-refractivity contribution in [2.45, 2.75) is 24.8 Å². The number of carbonyl (C=O) groups excluding carboxylic acids is 2. The van der Waals surface area contributed by atoms with E-state index in [1.807, 2.05) is 0 Å². The van der Waals surface area contributed by atoms with Crippen molar-refractivity contribution in [3.63, 3.8) is 0 Å². The molecule has 2 aliphatic heterocycles. The highest BCUT2D eigenvalue weighted by molar-refractivity contribution is 7.89. The van der Waals surface area contributed by atoms with Crippen LogP contribution in [0.1, 0.15) is 19.3 Å². The molecule has 2 fully saturated rings. The van der Waals surface area contributed by atoms with Gasteiger partial charge in [-0.1, -0.05) is 0 Å². The van der Waals surface area contributed by atoms with Gasteiger partial charge in [0.2, 0.25) is 10.0 Å². The summed E-state index contributed by atoms with van der Waals surface area (Å²) in [6, 6.07) is -0.508. The molecule has 114 valence electrons. The monoisotopic (exact) mass is 305 g/mol. The molecule has 0 aliphatic carbocycles. The van der Waals surface area contributed by atoms with Crippen molar-refractivity contribution in [1.29, 1.82) is 0 Å². The Balaban J connectivity index is 1.94. The lowest BCUT2D eigenvalue weighted by Crippen LogP contribution is -2.55. The highest BCUT2D eigenvalue weighted by Crippen LogP contribution is 2.27. The molecule has 0 aromatic heterocycles. The SMILES string of the molecule is COCCCS(=O)(=O)N1CCC2(CC1)NC(=O)NC2=O. The van der Waals surface area contributed by atoms with E-state index in [0.29, 0.717) is 25.9 Å². The maximum Gasteiger partial charge on any atom is 0.322 e. The molecule has 0 unspecified atom stereocenters. The standard InChI is InChI=1S/C11H19N3O5S/c1-19-7-2-8-20(17,18)14-5-3-11(4-6-14)9(15)12-10(16)13-11/h2-8H2,1H3,(H2,12,13,15,16). The average Bonchev–Trinajstić information content (AvgIpc) is 2.65. The zero-order chi connectivity index (χ0) is 14.8. The van der Waals surface area contributed by atoms with Crippen LogP contribution in [0.15, 0.2) is 0 Å². The predicted molar refractivity (Wildman–Crippen MR) is 70.5 cm³/mol. The van der Waals surface area contributed by atoms with E-state index in [1.165, 1.54) is 11.4 Å². The lowest BCUT2D eigenvalue weighted by atomic mass is 9.89. The van der Waals surface area contributed by atoms with Gasteiger partial charge in [-0.05, 0) is 19.3 Å². The van der Waals surface area contributed by atoms with Crippen LogP contribution in [-0.4, -0.2) is 62.8 Å². The van der Waals surface area contributed by atoms with Crippen LogP contribution in [0, 0.1) is 0 Å². The van der Waals surface area contributed by atoms with Crippen molar-refractivity contribution >= 4 is 22.0 Å². The number of nitrogens with zero attached hydrogens (tertiary/aromatic N) is 1. The minimum absolute atomic E-state index is 0.0341. The largest absolute Gasteiger partial charge is 0.385 e. The van der Waals surface area contributed by atoms with Gasteiger partial charge < -0.3 is 10.1 Å². The third kappa shape index (κ3) is 2.94. The van der Waals surface area contributed by atoms with Gasteiger partial charge in [-0.2, -0.15) is 0 Å². The molecule has 0 bridgehead atoms. The van der Waals surface area contributed by atoms with Gasteiger partial charge in [0.25, 0.3) is 5.91 Å². The smallest absolute Gasteiger partial charge is 0.322 e. The highest BCUT2D eigenvalue weighted by atomic mass is 32.2. The Labute approximate surface area is 117 Å². The Kier molecular flexibility index (Phi) is 4.31. The fourth-order valence-electron chi connectivity index (χ4n) is 2.54. The maximum absolute atomic E-state index is 12.1. The summed E-state index contributed by atoms with van der Waals surface area (Å²) in [6.07, 6.45) is 1.04. The molecular weight excluding hydrogens is 286 g/mol.